The molecule has 0 saturated heterocycles. The highest BCUT2D eigenvalue weighted by Gasteiger charge is 2.07. The molecule has 2 N–H and O–H groups in total. The topological polar surface area (TPSA) is 62.5 Å². The van der Waals surface area contributed by atoms with Gasteiger partial charge in [-0.2, -0.15) is 11.8 Å². The number of guanidine groups is 1. The van der Waals surface area contributed by atoms with Crippen LogP contribution in [0, 0.1) is 0 Å². The van der Waals surface area contributed by atoms with Crippen molar-refractivity contribution in [1.29, 1.82) is 0 Å². The molecule has 0 aliphatic carbocycles. The van der Waals surface area contributed by atoms with Crippen LogP contribution in [0.3, 0.4) is 0 Å². The van der Waals surface area contributed by atoms with Crippen LogP contribution in [0.2, 0.25) is 0 Å². The van der Waals surface area contributed by atoms with E-state index in [9.17, 15) is 0 Å². The molecule has 21 heavy (non-hydrogen) atoms. The van der Waals surface area contributed by atoms with Gasteiger partial charge in [-0.1, -0.05) is 19.0 Å². The SMILES string of the molecule is CCNC(=NCc1cc(C(C)C)no1)NCCCCSC. The molecule has 0 spiro atoms. The molecule has 0 atom stereocenters. The molecule has 0 aliphatic heterocycles. The van der Waals surface area contributed by atoms with Crippen LogP contribution in [-0.2, 0) is 6.54 Å². The van der Waals surface area contributed by atoms with Crippen LogP contribution in [0.25, 0.3) is 0 Å². The molecule has 0 bridgehead atoms. The third kappa shape index (κ3) is 7.41. The highest BCUT2D eigenvalue weighted by Crippen LogP contribution is 2.14. The van der Waals surface area contributed by atoms with E-state index in [2.05, 4.69) is 47.8 Å². The molecule has 0 radical (unpaired) electrons. The quantitative estimate of drug-likeness (QED) is 0.417. The zero-order valence-electron chi connectivity index (χ0n) is 13.6. The van der Waals surface area contributed by atoms with E-state index in [0.717, 1.165) is 36.9 Å². The van der Waals surface area contributed by atoms with Crippen molar-refractivity contribution in [2.24, 2.45) is 4.99 Å². The second-order valence-electron chi connectivity index (χ2n) is 5.19. The number of aliphatic imine (C=N–C) groups is 1. The number of nitrogens with one attached hydrogen (secondary N) is 2. The Morgan fingerprint density at radius 3 is 2.81 bits per heavy atom. The molecule has 5 nitrogen and oxygen atoms in total. The Labute approximate surface area is 132 Å². The highest BCUT2D eigenvalue weighted by molar-refractivity contribution is 7.98. The lowest BCUT2D eigenvalue weighted by atomic mass is 10.1. The van der Waals surface area contributed by atoms with Gasteiger partial charge in [0, 0.05) is 19.2 Å². The van der Waals surface area contributed by atoms with Crippen molar-refractivity contribution in [2.45, 2.75) is 46.1 Å². The third-order valence-electron chi connectivity index (χ3n) is 2.97. The van der Waals surface area contributed by atoms with E-state index < -0.39 is 0 Å². The predicted octanol–water partition coefficient (Wildman–Crippen LogP) is 3.00. The molecule has 0 aromatic carbocycles. The summed E-state index contributed by atoms with van der Waals surface area (Å²) in [6.45, 7) is 8.58. The molecule has 1 aromatic rings. The first kappa shape index (κ1) is 17.9. The van der Waals surface area contributed by atoms with Gasteiger partial charge < -0.3 is 15.2 Å². The zero-order chi connectivity index (χ0) is 15.5. The first-order valence-electron chi connectivity index (χ1n) is 7.64. The largest absolute Gasteiger partial charge is 0.359 e. The van der Waals surface area contributed by atoms with E-state index in [-0.39, 0.29) is 0 Å². The zero-order valence-corrected chi connectivity index (χ0v) is 14.4. The average Bonchev–Trinajstić information content (AvgIpc) is 2.93. The third-order valence-corrected chi connectivity index (χ3v) is 3.67. The Kier molecular flexibility index (Phi) is 8.98. The fourth-order valence-electron chi connectivity index (χ4n) is 1.75. The second-order valence-corrected chi connectivity index (χ2v) is 6.18. The number of hydrogen-bond acceptors (Lipinski definition) is 4. The van der Waals surface area contributed by atoms with Crippen molar-refractivity contribution in [1.82, 2.24) is 15.8 Å². The summed E-state index contributed by atoms with van der Waals surface area (Å²) in [5.74, 6) is 3.24. The van der Waals surface area contributed by atoms with Crippen LogP contribution in [0.5, 0.6) is 0 Å². The summed E-state index contributed by atoms with van der Waals surface area (Å²) in [6, 6.07) is 1.98. The lowest BCUT2D eigenvalue weighted by Crippen LogP contribution is -2.37. The van der Waals surface area contributed by atoms with Crippen molar-refractivity contribution in [3.63, 3.8) is 0 Å². The van der Waals surface area contributed by atoms with E-state index in [4.69, 9.17) is 4.52 Å². The highest BCUT2D eigenvalue weighted by atomic mass is 32.2. The molecule has 0 saturated carbocycles. The Morgan fingerprint density at radius 2 is 2.19 bits per heavy atom. The number of hydrogen-bond donors (Lipinski definition) is 2. The van der Waals surface area contributed by atoms with Gasteiger partial charge >= 0.3 is 0 Å². The monoisotopic (exact) mass is 312 g/mol. The van der Waals surface area contributed by atoms with Crippen molar-refractivity contribution in [3.05, 3.63) is 17.5 Å². The minimum absolute atomic E-state index is 0.384. The van der Waals surface area contributed by atoms with Crippen LogP contribution >= 0.6 is 11.8 Å². The summed E-state index contributed by atoms with van der Waals surface area (Å²) in [4.78, 5) is 4.53. The molecule has 0 fully saturated rings. The normalized spacial score (nSPS) is 12.0. The van der Waals surface area contributed by atoms with Gasteiger partial charge in [0.15, 0.2) is 11.7 Å². The fraction of sp³-hybridized carbons (Fsp3) is 0.733. The second kappa shape index (κ2) is 10.5. The van der Waals surface area contributed by atoms with E-state index >= 15 is 0 Å². The van der Waals surface area contributed by atoms with Crippen molar-refractivity contribution >= 4 is 17.7 Å². The van der Waals surface area contributed by atoms with E-state index in [1.165, 1.54) is 12.2 Å². The molecule has 0 aliphatic rings. The van der Waals surface area contributed by atoms with Crippen LogP contribution in [-0.4, -0.2) is 36.2 Å². The molecular formula is C15H28N4OS. The van der Waals surface area contributed by atoms with Gasteiger partial charge in [-0.05, 0) is 37.7 Å². The van der Waals surface area contributed by atoms with E-state index in [1.807, 2.05) is 17.8 Å². The smallest absolute Gasteiger partial charge is 0.191 e. The van der Waals surface area contributed by atoms with Crippen LogP contribution in [0.1, 0.15) is 51.0 Å². The summed E-state index contributed by atoms with van der Waals surface area (Å²) < 4.78 is 5.30. The van der Waals surface area contributed by atoms with Gasteiger partial charge in [-0.25, -0.2) is 4.99 Å². The van der Waals surface area contributed by atoms with Gasteiger partial charge in [0.05, 0.1) is 5.69 Å². The van der Waals surface area contributed by atoms with Crippen molar-refractivity contribution < 1.29 is 4.52 Å². The van der Waals surface area contributed by atoms with Gasteiger partial charge in [0.2, 0.25) is 0 Å². The average molecular weight is 312 g/mol. The van der Waals surface area contributed by atoms with Crippen LogP contribution in [0.4, 0.5) is 0 Å². The molecule has 120 valence electrons. The van der Waals surface area contributed by atoms with E-state index in [0.29, 0.717) is 12.5 Å². The Balaban J connectivity index is 2.42. The number of rotatable bonds is 9. The van der Waals surface area contributed by atoms with Gasteiger partial charge in [0.25, 0.3) is 0 Å². The summed E-state index contributed by atoms with van der Waals surface area (Å²) >= 11 is 1.89. The van der Waals surface area contributed by atoms with Crippen LogP contribution < -0.4 is 10.6 Å². The molecular weight excluding hydrogens is 284 g/mol. The number of nitrogens with zero attached hydrogens (tertiary/aromatic N) is 2. The first-order chi connectivity index (χ1) is 10.2. The Hall–Kier alpha value is -1.17. The Morgan fingerprint density at radius 1 is 1.38 bits per heavy atom. The number of thioether (sulfide) groups is 1. The summed E-state index contributed by atoms with van der Waals surface area (Å²) in [5.41, 5.74) is 0.982. The number of aromatic nitrogens is 1. The summed E-state index contributed by atoms with van der Waals surface area (Å²) in [6.07, 6.45) is 4.53. The minimum atomic E-state index is 0.384. The minimum Gasteiger partial charge on any atom is -0.359 e. The van der Waals surface area contributed by atoms with Crippen molar-refractivity contribution in [3.8, 4) is 0 Å². The van der Waals surface area contributed by atoms with Gasteiger partial charge in [0.1, 0.15) is 6.54 Å². The van der Waals surface area contributed by atoms with Gasteiger partial charge in [-0.15, -0.1) is 0 Å². The molecule has 1 heterocycles. The maximum atomic E-state index is 5.30. The fourth-order valence-corrected chi connectivity index (χ4v) is 2.25. The standard InChI is InChI=1S/C15H28N4OS/c1-5-16-15(17-8-6-7-9-21-4)18-11-13-10-14(12(2)3)19-20-13/h10,12H,5-9,11H2,1-4H3,(H2,16,17,18). The molecule has 1 aromatic heterocycles. The molecule has 1 rings (SSSR count). The summed E-state index contributed by atoms with van der Waals surface area (Å²) in [7, 11) is 0. The number of unbranched alkanes of at least 4 members (excludes halogenated alkanes) is 1. The Bertz CT molecular complexity index is 418. The van der Waals surface area contributed by atoms with Gasteiger partial charge in [-0.3, -0.25) is 0 Å². The molecule has 6 heteroatoms. The maximum absolute atomic E-state index is 5.30. The van der Waals surface area contributed by atoms with Crippen molar-refractivity contribution in [2.75, 3.05) is 25.1 Å². The predicted molar refractivity (Wildman–Crippen MR) is 91.0 cm³/mol. The lowest BCUT2D eigenvalue weighted by Gasteiger charge is -2.10. The first-order valence-corrected chi connectivity index (χ1v) is 9.03. The van der Waals surface area contributed by atoms with E-state index in [1.54, 1.807) is 0 Å². The maximum Gasteiger partial charge on any atom is 0.191 e. The van der Waals surface area contributed by atoms with Crippen LogP contribution in [0.15, 0.2) is 15.6 Å². The molecule has 0 amide bonds. The summed E-state index contributed by atoms with van der Waals surface area (Å²) in [5, 5.41) is 10.6. The molecule has 0 unspecified atom stereocenters. The lowest BCUT2D eigenvalue weighted by molar-refractivity contribution is 0.376.